The van der Waals surface area contributed by atoms with Gasteiger partial charge in [-0.1, -0.05) is 33.1 Å². The van der Waals surface area contributed by atoms with Crippen LogP contribution in [0.1, 0.15) is 73.6 Å². The van der Waals surface area contributed by atoms with Crippen molar-refractivity contribution in [3.63, 3.8) is 0 Å². The average molecular weight is 704 g/mol. The third-order valence-corrected chi connectivity index (χ3v) is 14.1. The molecule has 0 unspecified atom stereocenters. The fraction of sp³-hybridized carbons (Fsp3) is 0.368. The maximum atomic E-state index is 7.40. The first-order chi connectivity index (χ1) is 20.0. The van der Waals surface area contributed by atoms with Crippen molar-refractivity contribution < 1.29 is 11.9 Å². The normalized spacial score (nSPS) is 16.8. The monoisotopic (exact) mass is 703 g/mol. The van der Waals surface area contributed by atoms with Gasteiger partial charge in [0, 0.05) is 0 Å². The molecule has 0 atom stereocenters. The van der Waals surface area contributed by atoms with Crippen molar-refractivity contribution in [3.8, 4) is 0 Å². The second-order valence-electron chi connectivity index (χ2n) is 12.6. The summed E-state index contributed by atoms with van der Waals surface area (Å²) >= 11 is -3.44. The first-order valence-corrected chi connectivity index (χ1v) is 21.3. The van der Waals surface area contributed by atoms with Crippen LogP contribution in [0, 0.1) is 53.0 Å². The van der Waals surface area contributed by atoms with Crippen molar-refractivity contribution in [2.75, 3.05) is 22.9 Å². The van der Waals surface area contributed by atoms with E-state index in [1.54, 1.807) is 0 Å². The molecule has 3 aromatic carbocycles. The van der Waals surface area contributed by atoms with Gasteiger partial charge >= 0.3 is 210 Å². The van der Waals surface area contributed by atoms with Crippen LogP contribution >= 0.6 is 19.4 Å². The van der Waals surface area contributed by atoms with Crippen LogP contribution < -0.4 is 9.80 Å². The second kappa shape index (κ2) is 13.0. The van der Waals surface area contributed by atoms with Crippen LogP contribution in [0.15, 0.2) is 71.3 Å². The van der Waals surface area contributed by atoms with Crippen molar-refractivity contribution in [2.45, 2.75) is 76.2 Å². The summed E-state index contributed by atoms with van der Waals surface area (Å²) in [6.07, 6.45) is 3.44. The molecular weight excluding hydrogens is 656 g/mol. The molecule has 43 heavy (non-hydrogen) atoms. The molecule has 0 spiro atoms. The van der Waals surface area contributed by atoms with Gasteiger partial charge in [-0.2, -0.15) is 11.1 Å². The van der Waals surface area contributed by atoms with Gasteiger partial charge in [-0.3, -0.25) is 6.08 Å². The average Bonchev–Trinajstić information content (AvgIpc) is 3.38. The van der Waals surface area contributed by atoms with Gasteiger partial charge in [0.05, 0.1) is 0 Å². The molecule has 0 radical (unpaired) electrons. The van der Waals surface area contributed by atoms with E-state index in [-0.39, 0.29) is 5.41 Å². The molecule has 0 aromatic heterocycles. The minimum atomic E-state index is -3.44. The van der Waals surface area contributed by atoms with Gasteiger partial charge in [-0.25, -0.2) is 5.57 Å². The van der Waals surface area contributed by atoms with Crippen LogP contribution in [0.4, 0.5) is 11.4 Å². The molecule has 1 aliphatic carbocycles. The molecule has 3 aromatic rings. The number of anilines is 2. The number of rotatable bonds is 3. The zero-order chi connectivity index (χ0) is 31.9. The van der Waals surface area contributed by atoms with Crippen molar-refractivity contribution >= 4 is 39.7 Å². The van der Waals surface area contributed by atoms with E-state index in [9.17, 15) is 0 Å². The van der Waals surface area contributed by atoms with Crippen LogP contribution in [0.25, 0.3) is 0 Å². The quantitative estimate of drug-likeness (QED) is 0.198. The van der Waals surface area contributed by atoms with Gasteiger partial charge in [-0.15, -0.1) is 6.92 Å². The molecule has 5 heteroatoms. The molecule has 0 amide bonds. The Bertz CT molecular complexity index is 1610. The van der Waals surface area contributed by atoms with Gasteiger partial charge < -0.3 is 0 Å². The topological polar surface area (TPSA) is 6.48 Å². The molecule has 2 nitrogen and oxygen atoms in total. The summed E-state index contributed by atoms with van der Waals surface area (Å²) in [5.41, 5.74) is 15.5. The van der Waals surface area contributed by atoms with E-state index in [1.807, 2.05) is 18.2 Å². The Morgan fingerprint density at radius 1 is 0.698 bits per heavy atom. The van der Waals surface area contributed by atoms with Crippen molar-refractivity contribution in [1.29, 1.82) is 0 Å². The van der Waals surface area contributed by atoms with Crippen LogP contribution in [-0.4, -0.2) is 22.1 Å². The zero-order valence-corrected chi connectivity index (χ0v) is 30.9. The predicted octanol–water partition coefficient (Wildman–Crippen LogP) is 10.4. The van der Waals surface area contributed by atoms with E-state index in [4.69, 9.17) is 19.4 Å². The SMILES string of the molecule is CC1=[C-]C(C)(C)C(C)=C1C.Cc1cc(C)c(N2CCN(c3c(C)cc(C)cc3C)[C]2=[Ru]([Cl])([Cl])=[CH]c2ccccc2)c(C)c1. The molecule has 5 rings (SSSR count). The third-order valence-electron chi connectivity index (χ3n) is 8.61. The number of hydrogen-bond donors (Lipinski definition) is 0. The zero-order valence-electron chi connectivity index (χ0n) is 27.7. The van der Waals surface area contributed by atoms with Gasteiger partial charge in [0.1, 0.15) is 0 Å². The summed E-state index contributed by atoms with van der Waals surface area (Å²) in [6, 6.07) is 19.2. The number of allylic oxidation sites excluding steroid dienone is 4. The van der Waals surface area contributed by atoms with E-state index >= 15 is 0 Å². The van der Waals surface area contributed by atoms with Gasteiger partial charge in [-0.05, 0) is 0 Å². The Balaban J connectivity index is 0.000000359. The molecule has 1 saturated heterocycles. The van der Waals surface area contributed by atoms with E-state index in [0.717, 1.165) is 23.0 Å². The number of halogens is 2. The molecule has 0 saturated carbocycles. The van der Waals surface area contributed by atoms with Crippen LogP contribution in [0.3, 0.4) is 0 Å². The summed E-state index contributed by atoms with van der Waals surface area (Å²) in [5, 5.41) is 0. The second-order valence-corrected chi connectivity index (χ2v) is 21.9. The number of aryl methyl sites for hydroxylation is 6. The molecule has 232 valence electrons. The molecule has 1 heterocycles. The number of benzene rings is 3. The van der Waals surface area contributed by atoms with Gasteiger partial charge in [0.15, 0.2) is 0 Å². The molecule has 0 N–H and O–H groups in total. The Morgan fingerprint density at radius 2 is 1.12 bits per heavy atom. The molecule has 2 aliphatic rings. The Morgan fingerprint density at radius 3 is 1.44 bits per heavy atom. The van der Waals surface area contributed by atoms with E-state index < -0.39 is 11.9 Å². The van der Waals surface area contributed by atoms with Crippen LogP contribution in [0.2, 0.25) is 0 Å². The Kier molecular flexibility index (Phi) is 10.1. The molecule has 1 aliphatic heterocycles. The van der Waals surface area contributed by atoms with Gasteiger partial charge in [0.2, 0.25) is 0 Å². The molecular formula is C38H47Cl2N2Ru-. The standard InChI is InChI=1S/C21H26N2.C10H15.C7H6.2ClH.Ru/c1-14-9-16(3)20(17(4)10-14)22-7-8-23(13-22)21-18(5)11-15(2)12-19(21)6;1-7-6-10(4,5)9(3)8(7)2;1-7-5-3-2-4-6-7;;;/h9-12H,7-8H2,1-6H3;1-5H3;1-6H;2*1H;/q;-1;;;;+2/p-2. The summed E-state index contributed by atoms with van der Waals surface area (Å²) in [7, 11) is 14.8. The van der Waals surface area contributed by atoms with Crippen LogP contribution in [-0.2, 0) is 11.9 Å². The summed E-state index contributed by atoms with van der Waals surface area (Å²) < 4.78 is 3.18. The maximum absolute atomic E-state index is 7.40. The predicted molar refractivity (Wildman–Crippen MR) is 189 cm³/mol. The fourth-order valence-electron chi connectivity index (χ4n) is 6.50. The summed E-state index contributed by atoms with van der Waals surface area (Å²) in [5.74, 6) is 0. The van der Waals surface area contributed by atoms with E-state index in [0.29, 0.717) is 0 Å². The first kappa shape index (κ1) is 33.6. The van der Waals surface area contributed by atoms with Crippen LogP contribution in [0.5, 0.6) is 0 Å². The molecule has 1 fully saturated rings. The summed E-state index contributed by atoms with van der Waals surface area (Å²) in [6.45, 7) is 25.7. The first-order valence-electron chi connectivity index (χ1n) is 14.9. The van der Waals surface area contributed by atoms with Gasteiger partial charge in [0.25, 0.3) is 0 Å². The van der Waals surface area contributed by atoms with Crippen molar-refractivity contribution in [3.05, 3.63) is 116 Å². The third kappa shape index (κ3) is 7.17. The van der Waals surface area contributed by atoms with E-state index in [1.165, 1.54) is 61.5 Å². The number of hydrogen-bond acceptors (Lipinski definition) is 2. The Hall–Kier alpha value is -2.32. The minimum absolute atomic E-state index is 0.189. The Labute approximate surface area is 271 Å². The van der Waals surface area contributed by atoms with E-state index in [2.05, 4.69) is 133 Å². The fourth-order valence-corrected chi connectivity index (χ4v) is 12.6. The number of nitrogens with zero attached hydrogens (tertiary/aromatic N) is 2. The molecule has 0 bridgehead atoms. The van der Waals surface area contributed by atoms with Crippen molar-refractivity contribution in [1.82, 2.24) is 0 Å². The van der Waals surface area contributed by atoms with Crippen molar-refractivity contribution in [2.24, 2.45) is 5.41 Å². The summed E-state index contributed by atoms with van der Waals surface area (Å²) in [4.78, 5) is 4.79.